The standard InChI is InChI=1S/C64H87ClN10O18/c1-36(2)55(70-49(76)19-12-11-13-28-75-51(78)24-25-52(75)79)59(82)69-43(17-15-27-67-61(66)84)58(81)68-42-22-20-40(21-23-42)35-90-63(86)72(6)29-26-50(77)73(7)39(5)60(83)91-46-33-53(80)74(8)44-31-41(32-45(88-9)54(44)65)30-37(3)16-14-18-48(89-10)64(87)34-47(92-62(85)71-64)38(4)56-57(46)93-56/h14,16,18,20-25,31-32,36,38-39,43,46-48,55-57,87H,11-13,15,17,19,26-30,33-35H2,1-10H3,(H,68,81)(H,69,82)(H,70,76)(H,71,85)(H3,66,67,84)/b18-14+,37-16+/t38-,39+,43+,46+,47+,48-,55+,56+,57+,64+/m1/s1. The lowest BCUT2D eigenvalue weighted by Gasteiger charge is -2.41. The molecule has 11 amide bonds. The van der Waals surface area contributed by atoms with Gasteiger partial charge in [-0.2, -0.15) is 0 Å². The van der Waals surface area contributed by atoms with E-state index in [1.807, 2.05) is 13.0 Å². The number of unbranched alkanes of at least 4 members (excludes halogenated alkanes) is 2. The molecular formula is C64H87ClN10O18. The summed E-state index contributed by atoms with van der Waals surface area (Å²) in [7, 11) is 7.18. The Labute approximate surface area is 545 Å². The zero-order chi connectivity index (χ0) is 68.4. The van der Waals surface area contributed by atoms with E-state index < -0.39 is 120 Å². The molecule has 508 valence electrons. The van der Waals surface area contributed by atoms with Gasteiger partial charge in [-0.15, -0.1) is 0 Å². The van der Waals surface area contributed by atoms with Crippen LogP contribution in [0.3, 0.4) is 0 Å². The third-order valence-corrected chi connectivity index (χ3v) is 17.0. The van der Waals surface area contributed by atoms with Gasteiger partial charge in [0.25, 0.3) is 11.8 Å². The number of carbonyl (C=O) groups is 11. The van der Waals surface area contributed by atoms with E-state index >= 15 is 0 Å². The molecule has 0 saturated carbocycles. The topological polar surface area (TPSA) is 366 Å². The number of ether oxygens (including phenoxy) is 6. The fourth-order valence-electron chi connectivity index (χ4n) is 10.8. The monoisotopic (exact) mass is 1320 g/mol. The number of epoxide rings is 1. The van der Waals surface area contributed by atoms with Crippen LogP contribution < -0.4 is 42.0 Å². The Hall–Kier alpha value is -8.60. The van der Waals surface area contributed by atoms with E-state index in [0.717, 1.165) is 20.9 Å². The number of allylic oxidation sites excluding steroid dienone is 3. The first-order chi connectivity index (χ1) is 44.0. The van der Waals surface area contributed by atoms with Crippen molar-refractivity contribution in [3.05, 3.63) is 88.5 Å². The van der Waals surface area contributed by atoms with Crippen molar-refractivity contribution in [2.24, 2.45) is 17.6 Å². The SMILES string of the molecule is COc1cc2cc(c1Cl)N(C)C(=O)C[C@H](OC(=O)[C@H](C)N(C)C(=O)CCN(C)C(=O)OCc1ccc(NC(=O)[C@H](CCCNC(N)=O)NC(=O)[C@@H](NC(=O)CCCCCN3C(=O)C=CC3=O)C(C)C)cc1)[C@@H]1O[C@H]1[C@H](C)[C@@H]1C[C@@](O)(NC(=O)O1)[C@H](OC)/C=C/C=C(\C)C2. The predicted molar refractivity (Wildman–Crippen MR) is 339 cm³/mol. The molecule has 2 fully saturated rings. The van der Waals surface area contributed by atoms with Crippen LogP contribution in [0.15, 0.2) is 72.4 Å². The maximum absolute atomic E-state index is 14.3. The van der Waals surface area contributed by atoms with Gasteiger partial charge in [0.05, 0.1) is 25.3 Å². The third kappa shape index (κ3) is 20.7. The highest BCUT2D eigenvalue weighted by molar-refractivity contribution is 6.35. The van der Waals surface area contributed by atoms with Crippen molar-refractivity contribution in [2.45, 2.75) is 160 Å². The largest absolute Gasteiger partial charge is 0.495 e. The molecule has 10 atom stereocenters. The molecule has 29 heteroatoms. The summed E-state index contributed by atoms with van der Waals surface area (Å²) in [4.78, 5) is 148. The molecule has 0 aromatic heterocycles. The summed E-state index contributed by atoms with van der Waals surface area (Å²) in [6, 6.07) is 5.71. The van der Waals surface area contributed by atoms with E-state index in [4.69, 9.17) is 45.8 Å². The highest BCUT2D eigenvalue weighted by Crippen LogP contribution is 2.42. The number of amides is 11. The number of carbonyl (C=O) groups excluding carboxylic acids is 11. The number of urea groups is 1. The van der Waals surface area contributed by atoms with Gasteiger partial charge in [-0.1, -0.05) is 74.7 Å². The minimum Gasteiger partial charge on any atom is -0.495 e. The molecule has 0 spiro atoms. The normalized spacial score (nSPS) is 23.1. The summed E-state index contributed by atoms with van der Waals surface area (Å²) in [5.41, 5.74) is 6.12. The Kier molecular flexibility index (Phi) is 26.7. The first-order valence-electron chi connectivity index (χ1n) is 30.8. The smallest absolute Gasteiger partial charge is 0.409 e. The fourth-order valence-corrected chi connectivity index (χ4v) is 11.1. The third-order valence-electron chi connectivity index (χ3n) is 16.6. The average Bonchev–Trinajstić information content (AvgIpc) is 1.67. The molecule has 2 aromatic carbocycles. The van der Waals surface area contributed by atoms with Gasteiger partial charge in [0.15, 0.2) is 5.72 Å². The van der Waals surface area contributed by atoms with Crippen LogP contribution in [-0.2, 0) is 75.1 Å². The lowest BCUT2D eigenvalue weighted by atomic mass is 9.87. The lowest BCUT2D eigenvalue weighted by Crippen LogP contribution is -2.63. The van der Waals surface area contributed by atoms with Crippen LogP contribution >= 0.6 is 11.6 Å². The van der Waals surface area contributed by atoms with E-state index in [-0.39, 0.29) is 81.1 Å². The summed E-state index contributed by atoms with van der Waals surface area (Å²) in [5, 5.41) is 25.2. The van der Waals surface area contributed by atoms with E-state index in [1.165, 1.54) is 64.2 Å². The van der Waals surface area contributed by atoms with Crippen LogP contribution in [-0.4, -0.2) is 195 Å². The molecule has 2 saturated heterocycles. The number of likely N-dealkylation sites (N-methyl/N-ethyl adjacent to an activating group) is 1. The van der Waals surface area contributed by atoms with Crippen molar-refractivity contribution in [1.82, 2.24) is 36.0 Å². The van der Waals surface area contributed by atoms with Gasteiger partial charge in [-0.05, 0) is 87.3 Å². The Bertz CT molecular complexity index is 3160. The van der Waals surface area contributed by atoms with Crippen molar-refractivity contribution in [1.29, 1.82) is 0 Å². The summed E-state index contributed by atoms with van der Waals surface area (Å²) in [5.74, 6) is -4.97. The number of anilines is 2. The second-order valence-electron chi connectivity index (χ2n) is 24.0. The van der Waals surface area contributed by atoms with Crippen LogP contribution in [0.4, 0.5) is 25.8 Å². The number of aliphatic hydroxyl groups is 1. The molecule has 4 aliphatic heterocycles. The van der Waals surface area contributed by atoms with Crippen LogP contribution in [0, 0.1) is 11.8 Å². The molecule has 0 radical (unpaired) electrons. The predicted octanol–water partition coefficient (Wildman–Crippen LogP) is 4.28. The highest BCUT2D eigenvalue weighted by atomic mass is 35.5. The highest BCUT2D eigenvalue weighted by Gasteiger charge is 2.56. The van der Waals surface area contributed by atoms with Gasteiger partial charge in [-0.3, -0.25) is 43.8 Å². The van der Waals surface area contributed by atoms with Crippen LogP contribution in [0.25, 0.3) is 0 Å². The maximum atomic E-state index is 14.3. The number of primary amides is 1. The first-order valence-corrected chi connectivity index (χ1v) is 31.2. The Morgan fingerprint density at radius 3 is 2.28 bits per heavy atom. The number of rotatable bonds is 26. The van der Waals surface area contributed by atoms with Gasteiger partial charge in [0.1, 0.15) is 59.9 Å². The zero-order valence-electron chi connectivity index (χ0n) is 54.2. The Balaban J connectivity index is 1.02. The average molecular weight is 1320 g/mol. The van der Waals surface area contributed by atoms with Crippen molar-refractivity contribution >= 4 is 88.5 Å². The number of fused-ring (bicyclic) bond motifs is 5. The van der Waals surface area contributed by atoms with Gasteiger partial charge in [0, 0.05) is 90.9 Å². The summed E-state index contributed by atoms with van der Waals surface area (Å²) >= 11 is 6.81. The minimum atomic E-state index is -1.90. The van der Waals surface area contributed by atoms with Crippen LogP contribution in [0.5, 0.6) is 5.75 Å². The summed E-state index contributed by atoms with van der Waals surface area (Å²) in [6.07, 6.45) is 2.63. The first kappa shape index (κ1) is 73.5. The zero-order valence-corrected chi connectivity index (χ0v) is 54.9. The second kappa shape index (κ2) is 33.8. The van der Waals surface area contributed by atoms with Crippen molar-refractivity contribution in [3.8, 4) is 5.75 Å². The molecule has 0 aliphatic carbocycles. The molecule has 8 N–H and O–H groups in total. The molecule has 2 aromatic rings. The number of alkyl carbamates (subject to hydrolysis) is 1. The molecule has 4 bridgehead atoms. The number of esters is 1. The molecule has 4 heterocycles. The van der Waals surface area contributed by atoms with Crippen LogP contribution in [0.1, 0.15) is 104 Å². The van der Waals surface area contributed by atoms with Gasteiger partial charge >= 0.3 is 24.2 Å². The van der Waals surface area contributed by atoms with Crippen LogP contribution in [0.2, 0.25) is 5.02 Å². The van der Waals surface area contributed by atoms with Gasteiger partial charge in [0.2, 0.25) is 29.5 Å². The quantitative estimate of drug-likeness (QED) is 0.0227. The fraction of sp³-hybridized carbons (Fsp3) is 0.547. The molecule has 4 aliphatic rings. The maximum Gasteiger partial charge on any atom is 0.409 e. The number of nitrogens with one attached hydrogen (secondary N) is 5. The molecule has 6 rings (SSSR count). The lowest BCUT2D eigenvalue weighted by molar-refractivity contribution is -0.160. The number of benzene rings is 2. The molecule has 28 nitrogen and oxygen atoms in total. The van der Waals surface area contributed by atoms with Crippen molar-refractivity contribution in [3.63, 3.8) is 0 Å². The van der Waals surface area contributed by atoms with Crippen molar-refractivity contribution in [2.75, 3.05) is 65.2 Å². The summed E-state index contributed by atoms with van der Waals surface area (Å²) < 4.78 is 34.6. The number of imide groups is 1. The Morgan fingerprint density at radius 2 is 1.62 bits per heavy atom. The minimum absolute atomic E-state index is 0.0788. The molecule has 0 unspecified atom stereocenters. The number of hydrogen-bond donors (Lipinski definition) is 7. The molecular weight excluding hydrogens is 1230 g/mol. The van der Waals surface area contributed by atoms with E-state index in [0.29, 0.717) is 48.4 Å². The second-order valence-corrected chi connectivity index (χ2v) is 24.3. The molecule has 93 heavy (non-hydrogen) atoms. The Morgan fingerprint density at radius 1 is 0.925 bits per heavy atom. The summed E-state index contributed by atoms with van der Waals surface area (Å²) in [6.45, 7) is 8.56. The van der Waals surface area contributed by atoms with E-state index in [9.17, 15) is 57.8 Å². The number of hydrogen-bond acceptors (Lipinski definition) is 18. The van der Waals surface area contributed by atoms with E-state index in [1.54, 1.807) is 69.3 Å². The van der Waals surface area contributed by atoms with Crippen molar-refractivity contribution < 1.29 is 86.3 Å². The van der Waals surface area contributed by atoms with Gasteiger partial charge < -0.3 is 75.2 Å². The number of nitrogens with zero attached hydrogens (tertiary/aromatic N) is 4. The number of methoxy groups -OCH3 is 2. The number of nitrogens with two attached hydrogens (primary N) is 1. The van der Waals surface area contributed by atoms with Gasteiger partial charge in [-0.25, -0.2) is 19.2 Å². The number of halogens is 1. The van der Waals surface area contributed by atoms with E-state index in [2.05, 4.69) is 26.6 Å².